The van der Waals surface area contributed by atoms with E-state index in [9.17, 15) is 19.0 Å². The van der Waals surface area contributed by atoms with E-state index in [0.717, 1.165) is 96.3 Å². The fourth-order valence-corrected chi connectivity index (χ4v) is 9.28. The summed E-state index contributed by atoms with van der Waals surface area (Å²) in [6.07, 6.45) is 68.6. The van der Waals surface area contributed by atoms with Crippen LogP contribution in [0, 0.1) is 0 Å². The van der Waals surface area contributed by atoms with Gasteiger partial charge in [-0.3, -0.25) is 14.2 Å². The molecule has 3 atom stereocenters. The van der Waals surface area contributed by atoms with Gasteiger partial charge in [-0.05, 0) is 102 Å². The Hall–Kier alpha value is -2.55. The first-order chi connectivity index (χ1) is 35.9. The monoisotopic (exact) mass is 1060 g/mol. The van der Waals surface area contributed by atoms with Crippen molar-refractivity contribution in [2.45, 2.75) is 283 Å². The molecule has 0 bridgehead atoms. The lowest BCUT2D eigenvalue weighted by molar-refractivity contribution is -0.870. The molecular weight excluding hydrogens is 940 g/mol. The molecule has 74 heavy (non-hydrogen) atoms. The lowest BCUT2D eigenvalue weighted by atomic mass is 10.0. The minimum absolute atomic E-state index is 0.0290. The van der Waals surface area contributed by atoms with Crippen molar-refractivity contribution in [2.24, 2.45) is 0 Å². The van der Waals surface area contributed by atoms with Crippen molar-refractivity contribution in [3.05, 3.63) is 72.9 Å². The summed E-state index contributed by atoms with van der Waals surface area (Å²) < 4.78 is 30.3. The summed E-state index contributed by atoms with van der Waals surface area (Å²) in [7, 11) is 1.16. The van der Waals surface area contributed by atoms with Crippen LogP contribution in [0.3, 0.4) is 0 Å². The summed E-state index contributed by atoms with van der Waals surface area (Å²) in [5, 5.41) is 3.02. The molecule has 3 unspecified atom stereocenters. The second kappa shape index (κ2) is 53.8. The van der Waals surface area contributed by atoms with Crippen molar-refractivity contribution in [2.75, 3.05) is 40.9 Å². The summed E-state index contributed by atoms with van der Waals surface area (Å²) in [5.41, 5.74) is 0. The molecule has 0 saturated heterocycles. The van der Waals surface area contributed by atoms with E-state index >= 15 is 0 Å². The Balaban J connectivity index is 5.24. The number of unbranched alkanes of at least 4 members (excludes halogenated alkanes) is 29. The highest BCUT2D eigenvalue weighted by Gasteiger charge is 2.27. The van der Waals surface area contributed by atoms with E-state index < -0.39 is 26.6 Å². The Morgan fingerprint density at radius 3 is 1.28 bits per heavy atom. The Bertz CT molecular complexity index is 1500. The molecule has 0 aromatic heterocycles. The van der Waals surface area contributed by atoms with E-state index in [0.29, 0.717) is 23.9 Å². The van der Waals surface area contributed by atoms with Crippen LogP contribution in [0.25, 0.3) is 0 Å². The average Bonchev–Trinajstić information content (AvgIpc) is 3.36. The summed E-state index contributed by atoms with van der Waals surface area (Å²) in [4.78, 5) is 39.9. The Morgan fingerprint density at radius 2 is 0.824 bits per heavy atom. The fraction of sp³-hybridized carbons (Fsp3) is 0.781. The summed E-state index contributed by atoms with van der Waals surface area (Å²) in [6, 6.07) is -0.902. The molecule has 9 nitrogen and oxygen atoms in total. The first-order valence-corrected chi connectivity index (χ1v) is 32.2. The van der Waals surface area contributed by atoms with Crippen molar-refractivity contribution in [1.82, 2.24) is 5.32 Å². The predicted octanol–water partition coefficient (Wildman–Crippen LogP) is 18.2. The van der Waals surface area contributed by atoms with Crippen molar-refractivity contribution in [3.8, 4) is 0 Å². The van der Waals surface area contributed by atoms with E-state index in [1.807, 2.05) is 33.3 Å². The van der Waals surface area contributed by atoms with Crippen LogP contribution in [-0.2, 0) is 27.9 Å². The van der Waals surface area contributed by atoms with Gasteiger partial charge in [0.2, 0.25) is 5.91 Å². The number of rotatable bonds is 55. The predicted molar refractivity (Wildman–Crippen MR) is 316 cm³/mol. The number of hydrogen-bond donors (Lipinski definition) is 1. The van der Waals surface area contributed by atoms with Gasteiger partial charge in [-0.25, -0.2) is 0 Å². The Morgan fingerprint density at radius 1 is 0.473 bits per heavy atom. The van der Waals surface area contributed by atoms with Crippen LogP contribution in [0.2, 0.25) is 0 Å². The minimum Gasteiger partial charge on any atom is -0.756 e. The normalized spacial score (nSPS) is 14.2. The third kappa shape index (κ3) is 54.2. The smallest absolute Gasteiger partial charge is 0.306 e. The molecule has 1 amide bonds. The van der Waals surface area contributed by atoms with Gasteiger partial charge in [0.25, 0.3) is 7.82 Å². The number of nitrogens with one attached hydrogen (secondary N) is 1. The zero-order valence-corrected chi connectivity index (χ0v) is 49.9. The van der Waals surface area contributed by atoms with E-state index in [4.69, 9.17) is 13.8 Å². The molecule has 0 radical (unpaired) electrons. The van der Waals surface area contributed by atoms with E-state index in [1.165, 1.54) is 135 Å². The number of quaternary nitrogens is 1. The summed E-state index contributed by atoms with van der Waals surface area (Å²) in [5.74, 6) is -0.571. The van der Waals surface area contributed by atoms with Crippen LogP contribution >= 0.6 is 7.82 Å². The van der Waals surface area contributed by atoms with Crippen LogP contribution in [0.4, 0.5) is 0 Å². The largest absolute Gasteiger partial charge is 0.756 e. The maximum Gasteiger partial charge on any atom is 0.306 e. The van der Waals surface area contributed by atoms with Gasteiger partial charge in [-0.1, -0.05) is 229 Å². The topological polar surface area (TPSA) is 114 Å². The second-order valence-corrected chi connectivity index (χ2v) is 23.3. The van der Waals surface area contributed by atoms with E-state index in [-0.39, 0.29) is 24.9 Å². The first kappa shape index (κ1) is 71.5. The van der Waals surface area contributed by atoms with Crippen LogP contribution in [-0.4, -0.2) is 69.4 Å². The van der Waals surface area contributed by atoms with Gasteiger partial charge in [-0.2, -0.15) is 0 Å². The number of carbonyl (C=O) groups is 2. The minimum atomic E-state index is -4.70. The van der Waals surface area contributed by atoms with Crippen molar-refractivity contribution in [1.29, 1.82) is 0 Å². The molecule has 0 fully saturated rings. The number of phosphoric ester groups is 1. The third-order valence-corrected chi connectivity index (χ3v) is 14.3. The first-order valence-electron chi connectivity index (χ1n) is 30.7. The molecular formula is C64H117N2O7P. The Kier molecular flexibility index (Phi) is 52.0. The zero-order chi connectivity index (χ0) is 54.3. The number of likely N-dealkylation sites (N-methyl/N-ethyl adjacent to an activating group) is 1. The lowest BCUT2D eigenvalue weighted by Crippen LogP contribution is -2.47. The highest BCUT2D eigenvalue weighted by Crippen LogP contribution is 2.38. The Labute approximate surface area is 457 Å². The number of carbonyl (C=O) groups excluding carboxylic acids is 2. The maximum absolute atomic E-state index is 13.5. The summed E-state index contributed by atoms with van der Waals surface area (Å²) >= 11 is 0. The van der Waals surface area contributed by atoms with E-state index in [1.54, 1.807) is 0 Å². The maximum atomic E-state index is 13.5. The van der Waals surface area contributed by atoms with E-state index in [2.05, 4.69) is 86.8 Å². The molecule has 0 aliphatic rings. The standard InChI is InChI=1S/C64H117N2O7P/c1-7-10-13-16-19-22-25-28-29-30-31-32-33-34-35-36-37-39-41-44-47-50-53-56-63(67)65-61(60-72-74(69,70)71-59-58-66(4,5)6)62(55-52-49-46-43-40-27-24-21-18-15-12-9-3)73-64(68)57-54-51-48-45-42-38-26-23-20-17-14-11-8-2/h19,22,28-29,31-32,34-35,38,42,52,55,61-62H,7-18,20-21,23-27,30,33,36-37,39-41,43-51,53-54,56-60H2,1-6H3,(H-,65,67,69,70)/b22-19-,29-28-,32-31-,35-34-,42-38-,55-52-. The molecule has 0 saturated carbocycles. The number of nitrogens with zero attached hydrogens (tertiary/aromatic N) is 1. The van der Waals surface area contributed by atoms with Gasteiger partial charge in [0, 0.05) is 12.8 Å². The van der Waals surface area contributed by atoms with Crippen molar-refractivity contribution < 1.29 is 37.3 Å². The average molecular weight is 1060 g/mol. The van der Waals surface area contributed by atoms with Gasteiger partial charge in [0.15, 0.2) is 0 Å². The fourth-order valence-electron chi connectivity index (χ4n) is 8.56. The number of amides is 1. The number of allylic oxidation sites excluding steroid dienone is 11. The highest BCUT2D eigenvalue weighted by molar-refractivity contribution is 7.45. The highest BCUT2D eigenvalue weighted by atomic mass is 31.2. The second-order valence-electron chi connectivity index (χ2n) is 21.8. The van der Waals surface area contributed by atoms with Crippen LogP contribution in [0.15, 0.2) is 72.9 Å². The lowest BCUT2D eigenvalue weighted by Gasteiger charge is -2.30. The molecule has 0 aromatic carbocycles. The van der Waals surface area contributed by atoms with Gasteiger partial charge in [-0.15, -0.1) is 0 Å². The van der Waals surface area contributed by atoms with Gasteiger partial charge < -0.3 is 28.5 Å². The number of esters is 1. The van der Waals surface area contributed by atoms with Crippen molar-refractivity contribution >= 4 is 19.7 Å². The van der Waals surface area contributed by atoms with Crippen LogP contribution < -0.4 is 10.2 Å². The molecule has 1 N–H and O–H groups in total. The summed E-state index contributed by atoms with van der Waals surface area (Å²) in [6.45, 7) is 6.79. The van der Waals surface area contributed by atoms with Crippen molar-refractivity contribution in [3.63, 3.8) is 0 Å². The van der Waals surface area contributed by atoms with Gasteiger partial charge in [0.1, 0.15) is 19.3 Å². The SMILES string of the molecule is CCCCC/C=C\C/C=C\C/C=C\C/C=C\CCCCCCCCCC(=O)NC(COP(=O)([O-])OCC[N+](C)(C)C)C(/C=C\CCCCCCCCCCCC)OC(=O)CCCCC/C=C\CCCCCCCC. The number of hydrogen-bond acceptors (Lipinski definition) is 7. The third-order valence-electron chi connectivity index (χ3n) is 13.4. The molecule has 0 aliphatic carbocycles. The quantitative estimate of drug-likeness (QED) is 0.0212. The number of ether oxygens (including phenoxy) is 1. The van der Waals surface area contributed by atoms with Crippen LogP contribution in [0.1, 0.15) is 271 Å². The molecule has 0 aromatic rings. The number of phosphoric acid groups is 1. The molecule has 0 rings (SSSR count). The van der Waals surface area contributed by atoms with Gasteiger partial charge >= 0.3 is 5.97 Å². The molecule has 0 heterocycles. The van der Waals surface area contributed by atoms with Crippen LogP contribution in [0.5, 0.6) is 0 Å². The molecule has 10 heteroatoms. The molecule has 430 valence electrons. The van der Waals surface area contributed by atoms with Gasteiger partial charge in [0.05, 0.1) is 33.8 Å². The molecule has 0 aliphatic heterocycles. The zero-order valence-electron chi connectivity index (χ0n) is 49.0. The molecule has 0 spiro atoms.